The zero-order chi connectivity index (χ0) is 23.9. The van der Waals surface area contributed by atoms with Gasteiger partial charge in [0.25, 0.3) is 5.91 Å². The summed E-state index contributed by atoms with van der Waals surface area (Å²) in [5.74, 6) is -3.19. The quantitative estimate of drug-likeness (QED) is 0.237. The minimum Gasteiger partial charge on any atom is -0.491 e. The highest BCUT2D eigenvalue weighted by Crippen LogP contribution is 2.38. The predicted octanol–water partition coefficient (Wildman–Crippen LogP) is 5.91. The molecule has 2 aromatic heterocycles. The fraction of sp³-hybridized carbons (Fsp3) is 0.381. The summed E-state index contributed by atoms with van der Waals surface area (Å²) in [5.41, 5.74) is -2.30. The van der Waals surface area contributed by atoms with Crippen LogP contribution in [-0.2, 0) is 6.18 Å². The van der Waals surface area contributed by atoms with Crippen molar-refractivity contribution >= 4 is 45.1 Å². The van der Waals surface area contributed by atoms with Crippen molar-refractivity contribution in [2.24, 2.45) is 0 Å². The maximum absolute atomic E-state index is 15.2. The summed E-state index contributed by atoms with van der Waals surface area (Å²) < 4.78 is 75.8. The topological polar surface area (TPSA) is 69.0 Å². The van der Waals surface area contributed by atoms with Crippen LogP contribution in [0.4, 0.5) is 27.6 Å². The molecule has 0 unspecified atom stereocenters. The van der Waals surface area contributed by atoms with Crippen molar-refractivity contribution in [3.63, 3.8) is 0 Å². The van der Waals surface area contributed by atoms with Gasteiger partial charge in [0, 0.05) is 3.92 Å². The molecule has 0 spiro atoms. The molecule has 1 aliphatic rings. The van der Waals surface area contributed by atoms with Crippen molar-refractivity contribution in [2.45, 2.75) is 41.8 Å². The van der Waals surface area contributed by atoms with Crippen LogP contribution in [0.3, 0.4) is 0 Å². The first kappa shape index (κ1) is 23.6. The number of halogens is 6. The Morgan fingerprint density at radius 2 is 1.91 bits per heavy atom. The van der Waals surface area contributed by atoms with E-state index in [0.29, 0.717) is 16.8 Å². The van der Waals surface area contributed by atoms with E-state index in [1.54, 1.807) is 0 Å². The molecule has 1 fully saturated rings. The number of carbonyl (C=O) groups is 1. The van der Waals surface area contributed by atoms with Gasteiger partial charge in [-0.15, -0.1) is 0 Å². The maximum atomic E-state index is 15.2. The van der Waals surface area contributed by atoms with Crippen molar-refractivity contribution in [2.75, 3.05) is 12.4 Å². The van der Waals surface area contributed by atoms with E-state index in [2.05, 4.69) is 38.0 Å². The Balaban J connectivity index is 1.71. The second-order valence-electron chi connectivity index (χ2n) is 7.67. The van der Waals surface area contributed by atoms with Gasteiger partial charge in [-0.2, -0.15) is 22.7 Å². The lowest BCUT2D eigenvalue weighted by molar-refractivity contribution is -0.141. The summed E-state index contributed by atoms with van der Waals surface area (Å²) in [5, 5.41) is 6.22. The number of hydrogen-bond donors (Lipinski definition) is 1. The van der Waals surface area contributed by atoms with Gasteiger partial charge in [0.2, 0.25) is 5.95 Å². The number of pyridine rings is 1. The van der Waals surface area contributed by atoms with E-state index in [4.69, 9.17) is 4.74 Å². The molecule has 0 radical (unpaired) electrons. The Hall–Kier alpha value is -2.51. The van der Waals surface area contributed by atoms with Gasteiger partial charge >= 0.3 is 6.18 Å². The number of methoxy groups -OCH3 is 1. The van der Waals surface area contributed by atoms with Crippen LogP contribution in [0.5, 0.6) is 5.75 Å². The number of aromatic nitrogens is 3. The highest BCUT2D eigenvalue weighted by molar-refractivity contribution is 14.1. The first-order valence-electron chi connectivity index (χ1n) is 10.0. The number of ether oxygens (including phenoxy) is 1. The molecule has 176 valence electrons. The van der Waals surface area contributed by atoms with Gasteiger partial charge in [-0.05, 0) is 43.9 Å². The van der Waals surface area contributed by atoms with E-state index < -0.39 is 41.0 Å². The van der Waals surface area contributed by atoms with E-state index in [-0.39, 0.29) is 22.6 Å². The third-order valence-electron chi connectivity index (χ3n) is 5.52. The molecule has 0 bridgehead atoms. The lowest BCUT2D eigenvalue weighted by atomic mass is 9.96. The van der Waals surface area contributed by atoms with Gasteiger partial charge in [-0.25, -0.2) is 14.1 Å². The summed E-state index contributed by atoms with van der Waals surface area (Å²) in [7, 11) is 1.15. The first-order valence-corrected chi connectivity index (χ1v) is 11.3. The SMILES string of the molecule is COc1c(NC(=O)c2cccc(C(F)(F)F)n2)cc2c(F)n([C@H]3CC[C@H](I)CC3)nc2c1F. The molecule has 1 N–H and O–H groups in total. The molecule has 0 saturated heterocycles. The number of rotatable bonds is 4. The molecule has 4 rings (SSSR count). The van der Waals surface area contributed by atoms with Gasteiger partial charge in [0.1, 0.15) is 16.9 Å². The van der Waals surface area contributed by atoms with Crippen molar-refractivity contribution in [3.05, 3.63) is 47.4 Å². The van der Waals surface area contributed by atoms with E-state index in [0.717, 1.165) is 48.9 Å². The second kappa shape index (κ2) is 9.03. The highest BCUT2D eigenvalue weighted by atomic mass is 127. The van der Waals surface area contributed by atoms with Crippen LogP contribution in [0.15, 0.2) is 24.3 Å². The Bertz CT molecular complexity index is 1210. The van der Waals surface area contributed by atoms with Crippen LogP contribution in [0, 0.1) is 11.8 Å². The number of anilines is 1. The van der Waals surface area contributed by atoms with E-state index in [1.807, 2.05) is 0 Å². The second-order valence-corrected chi connectivity index (χ2v) is 9.43. The molecule has 1 amide bonds. The summed E-state index contributed by atoms with van der Waals surface area (Å²) in [4.78, 5) is 15.8. The summed E-state index contributed by atoms with van der Waals surface area (Å²) in [6.45, 7) is 0. The average molecular weight is 580 g/mol. The van der Waals surface area contributed by atoms with Crippen molar-refractivity contribution in [3.8, 4) is 5.75 Å². The summed E-state index contributed by atoms with van der Waals surface area (Å²) in [6, 6.07) is 3.76. The maximum Gasteiger partial charge on any atom is 0.433 e. The predicted molar refractivity (Wildman–Crippen MR) is 119 cm³/mol. The van der Waals surface area contributed by atoms with Crippen LogP contribution in [0.25, 0.3) is 10.9 Å². The molecule has 2 heterocycles. The van der Waals surface area contributed by atoms with Gasteiger partial charge < -0.3 is 10.1 Å². The molecule has 1 aromatic carbocycles. The van der Waals surface area contributed by atoms with Crippen LogP contribution in [0.2, 0.25) is 0 Å². The normalized spacial score (nSPS) is 19.0. The first-order chi connectivity index (χ1) is 15.6. The number of carbonyl (C=O) groups excluding carboxylic acids is 1. The number of hydrogen-bond acceptors (Lipinski definition) is 4. The smallest absolute Gasteiger partial charge is 0.433 e. The Morgan fingerprint density at radius 3 is 2.55 bits per heavy atom. The number of amides is 1. The number of nitrogens with one attached hydrogen (secondary N) is 1. The summed E-state index contributed by atoms with van der Waals surface area (Å²) in [6.07, 6.45) is -1.58. The molecule has 0 atom stereocenters. The molecule has 6 nitrogen and oxygen atoms in total. The van der Waals surface area contributed by atoms with E-state index in [1.165, 1.54) is 0 Å². The summed E-state index contributed by atoms with van der Waals surface area (Å²) >= 11 is 2.34. The van der Waals surface area contributed by atoms with Crippen LogP contribution >= 0.6 is 22.6 Å². The highest BCUT2D eigenvalue weighted by Gasteiger charge is 2.33. The van der Waals surface area contributed by atoms with Crippen molar-refractivity contribution < 1.29 is 31.5 Å². The standard InChI is InChI=1S/C21H18F5IN4O2/c1-33-18-14(29-20(32)13-3-2-4-15(28-13)21(24,25)26)9-12-17(16(18)22)30-31(19(12)23)11-7-5-10(27)6-8-11/h2-4,9-11H,5-8H2,1H3,(H,29,32)/t10-,11-. The molecule has 3 aromatic rings. The monoisotopic (exact) mass is 580 g/mol. The van der Waals surface area contributed by atoms with Gasteiger partial charge in [-0.3, -0.25) is 4.79 Å². The molecular formula is C21H18F5IN4O2. The molecular weight excluding hydrogens is 562 g/mol. The Labute approximate surface area is 198 Å². The van der Waals surface area contributed by atoms with Crippen molar-refractivity contribution in [1.29, 1.82) is 0 Å². The van der Waals surface area contributed by atoms with E-state index in [9.17, 15) is 18.0 Å². The average Bonchev–Trinajstić information content (AvgIpc) is 3.11. The van der Waals surface area contributed by atoms with Crippen molar-refractivity contribution in [1.82, 2.24) is 14.8 Å². The van der Waals surface area contributed by atoms with Crippen LogP contribution in [0.1, 0.15) is 47.9 Å². The minimum atomic E-state index is -4.74. The lowest BCUT2D eigenvalue weighted by Gasteiger charge is -2.25. The fourth-order valence-corrected chi connectivity index (χ4v) is 4.59. The zero-order valence-electron chi connectivity index (χ0n) is 17.2. The molecule has 0 aliphatic heterocycles. The third-order valence-corrected chi connectivity index (χ3v) is 6.77. The van der Waals surface area contributed by atoms with Gasteiger partial charge in [-0.1, -0.05) is 28.7 Å². The lowest BCUT2D eigenvalue weighted by Crippen LogP contribution is -2.20. The Kier molecular flexibility index (Phi) is 6.47. The fourth-order valence-electron chi connectivity index (χ4n) is 3.87. The zero-order valence-corrected chi connectivity index (χ0v) is 19.4. The van der Waals surface area contributed by atoms with Gasteiger partial charge in [0.05, 0.1) is 24.2 Å². The minimum absolute atomic E-state index is 0.169. The number of fused-ring (bicyclic) bond motifs is 1. The van der Waals surface area contributed by atoms with Gasteiger partial charge in [0.15, 0.2) is 11.6 Å². The molecule has 12 heteroatoms. The number of benzene rings is 1. The van der Waals surface area contributed by atoms with E-state index >= 15 is 8.78 Å². The molecule has 33 heavy (non-hydrogen) atoms. The van der Waals surface area contributed by atoms with Crippen LogP contribution < -0.4 is 10.1 Å². The number of nitrogens with zero attached hydrogens (tertiary/aromatic N) is 3. The Morgan fingerprint density at radius 1 is 1.21 bits per heavy atom. The third kappa shape index (κ3) is 4.62. The van der Waals surface area contributed by atoms with Crippen LogP contribution in [-0.4, -0.2) is 31.7 Å². The molecule has 1 saturated carbocycles. The number of alkyl halides is 4. The largest absolute Gasteiger partial charge is 0.491 e. The molecule has 1 aliphatic carbocycles.